The number of halogens is 1. The first kappa shape index (κ1) is 15.8. The van der Waals surface area contributed by atoms with E-state index in [0.29, 0.717) is 10.8 Å². The Labute approximate surface area is 143 Å². The quantitative estimate of drug-likeness (QED) is 0.718. The predicted octanol–water partition coefficient (Wildman–Crippen LogP) is 4.25. The minimum atomic E-state index is -0.167. The highest BCUT2D eigenvalue weighted by Gasteiger charge is 2.10. The molecule has 1 atom stereocenters. The normalized spacial score (nSPS) is 12.8. The zero-order valence-corrected chi connectivity index (χ0v) is 14.4. The van der Waals surface area contributed by atoms with Gasteiger partial charge in [0.15, 0.2) is 10.1 Å². The van der Waals surface area contributed by atoms with Crippen molar-refractivity contribution in [3.8, 4) is 0 Å². The lowest BCUT2D eigenvalue weighted by atomic mass is 10.1. The van der Waals surface area contributed by atoms with E-state index >= 15 is 0 Å². The molecule has 6 heteroatoms. The van der Waals surface area contributed by atoms with Crippen LogP contribution in [0.3, 0.4) is 0 Å². The molecule has 0 aliphatic carbocycles. The van der Waals surface area contributed by atoms with Gasteiger partial charge in [0.05, 0.1) is 11.7 Å². The number of thiazole rings is 1. The van der Waals surface area contributed by atoms with E-state index in [0.717, 1.165) is 10.5 Å². The highest BCUT2D eigenvalue weighted by Crippen LogP contribution is 2.22. The summed E-state index contributed by atoms with van der Waals surface area (Å²) in [7, 11) is 0. The Balaban J connectivity index is 1.70. The van der Waals surface area contributed by atoms with Gasteiger partial charge in [0.25, 0.3) is 0 Å². The number of benzene rings is 1. The van der Waals surface area contributed by atoms with Crippen LogP contribution < -0.4 is 5.32 Å². The summed E-state index contributed by atoms with van der Waals surface area (Å²) in [6.07, 6.45) is 5.05. The Morgan fingerprint density at radius 1 is 1.39 bits per heavy atom. The van der Waals surface area contributed by atoms with Crippen LogP contribution in [0.15, 0.2) is 41.9 Å². The molecule has 0 radical (unpaired) electrons. The zero-order chi connectivity index (χ0) is 16.4. The van der Waals surface area contributed by atoms with Crippen molar-refractivity contribution in [1.29, 1.82) is 0 Å². The number of nitrogens with zero attached hydrogens (tertiary/aromatic N) is 2. The minimum absolute atomic E-state index is 0.0603. The Bertz CT molecular complexity index is 864. The molecular formula is C17H16ClN3OS. The van der Waals surface area contributed by atoms with Crippen LogP contribution in [0.4, 0.5) is 0 Å². The third-order valence-electron chi connectivity index (χ3n) is 3.58. The fourth-order valence-corrected chi connectivity index (χ4v) is 3.29. The average molecular weight is 346 g/mol. The first-order valence-corrected chi connectivity index (χ1v) is 8.46. The number of imidazole rings is 1. The third-order valence-corrected chi connectivity index (χ3v) is 4.62. The van der Waals surface area contributed by atoms with Crippen molar-refractivity contribution in [1.82, 2.24) is 14.7 Å². The van der Waals surface area contributed by atoms with Crippen LogP contribution in [0.25, 0.3) is 11.0 Å². The Morgan fingerprint density at radius 2 is 2.13 bits per heavy atom. The molecule has 3 aromatic rings. The van der Waals surface area contributed by atoms with Crippen molar-refractivity contribution in [3.05, 3.63) is 63.9 Å². The molecule has 0 bridgehead atoms. The number of hydrogen-bond acceptors (Lipinski definition) is 3. The highest BCUT2D eigenvalue weighted by molar-refractivity contribution is 7.15. The van der Waals surface area contributed by atoms with Crippen molar-refractivity contribution in [2.45, 2.75) is 19.9 Å². The molecule has 1 N–H and O–H groups in total. The van der Waals surface area contributed by atoms with E-state index in [4.69, 9.17) is 11.6 Å². The average Bonchev–Trinajstić information content (AvgIpc) is 3.06. The van der Waals surface area contributed by atoms with Crippen LogP contribution in [0.2, 0.25) is 5.15 Å². The van der Waals surface area contributed by atoms with Gasteiger partial charge in [0.2, 0.25) is 5.91 Å². The molecule has 0 fully saturated rings. The standard InChI is InChI=1S/C17H16ClN3OS/c1-11-3-5-13(6-4-11)12(2)19-15(22)8-7-14-16(18)20-17-21(14)9-10-23-17/h3-10,12H,1-2H3,(H,19,22)/b8-7+. The van der Waals surface area contributed by atoms with Crippen molar-refractivity contribution >= 4 is 39.9 Å². The number of aryl methyl sites for hydroxylation is 1. The van der Waals surface area contributed by atoms with Gasteiger partial charge < -0.3 is 5.32 Å². The third kappa shape index (κ3) is 3.46. The monoisotopic (exact) mass is 345 g/mol. The molecule has 0 spiro atoms. The van der Waals surface area contributed by atoms with E-state index in [1.54, 1.807) is 6.08 Å². The highest BCUT2D eigenvalue weighted by atomic mass is 35.5. The molecule has 0 aliphatic heterocycles. The summed E-state index contributed by atoms with van der Waals surface area (Å²) in [5.41, 5.74) is 2.98. The van der Waals surface area contributed by atoms with Crippen LogP contribution in [-0.4, -0.2) is 15.3 Å². The molecule has 0 aliphatic rings. The summed E-state index contributed by atoms with van der Waals surface area (Å²) in [5.74, 6) is -0.167. The van der Waals surface area contributed by atoms with Gasteiger partial charge in [-0.05, 0) is 25.5 Å². The predicted molar refractivity (Wildman–Crippen MR) is 94.8 cm³/mol. The van der Waals surface area contributed by atoms with Gasteiger partial charge in [-0.25, -0.2) is 4.98 Å². The van der Waals surface area contributed by atoms with Gasteiger partial charge in [-0.15, -0.1) is 11.3 Å². The lowest BCUT2D eigenvalue weighted by molar-refractivity contribution is -0.117. The van der Waals surface area contributed by atoms with Gasteiger partial charge in [-0.3, -0.25) is 9.20 Å². The molecule has 118 valence electrons. The molecule has 2 heterocycles. The lowest BCUT2D eigenvalue weighted by Gasteiger charge is -2.13. The van der Waals surface area contributed by atoms with E-state index in [9.17, 15) is 4.79 Å². The summed E-state index contributed by atoms with van der Waals surface area (Å²) in [6.45, 7) is 4.00. The van der Waals surface area contributed by atoms with E-state index < -0.39 is 0 Å². The van der Waals surface area contributed by atoms with E-state index in [-0.39, 0.29) is 11.9 Å². The lowest BCUT2D eigenvalue weighted by Crippen LogP contribution is -2.24. The largest absolute Gasteiger partial charge is 0.346 e. The Morgan fingerprint density at radius 3 is 2.87 bits per heavy atom. The van der Waals surface area contributed by atoms with Crippen LogP contribution in [-0.2, 0) is 4.79 Å². The van der Waals surface area contributed by atoms with Gasteiger partial charge in [0.1, 0.15) is 0 Å². The van der Waals surface area contributed by atoms with Gasteiger partial charge >= 0.3 is 0 Å². The minimum Gasteiger partial charge on any atom is -0.346 e. The number of fused-ring (bicyclic) bond motifs is 1. The molecule has 1 unspecified atom stereocenters. The van der Waals surface area contributed by atoms with Crippen LogP contribution in [0, 0.1) is 6.92 Å². The fourth-order valence-electron chi connectivity index (χ4n) is 2.28. The van der Waals surface area contributed by atoms with Crippen LogP contribution >= 0.6 is 22.9 Å². The molecule has 4 nitrogen and oxygen atoms in total. The maximum atomic E-state index is 12.1. The zero-order valence-electron chi connectivity index (χ0n) is 12.8. The number of carbonyl (C=O) groups excluding carboxylic acids is 1. The summed E-state index contributed by atoms with van der Waals surface area (Å²) < 4.78 is 1.86. The van der Waals surface area contributed by atoms with Crippen molar-refractivity contribution in [3.63, 3.8) is 0 Å². The number of rotatable bonds is 4. The van der Waals surface area contributed by atoms with Crippen molar-refractivity contribution < 1.29 is 4.79 Å². The number of carbonyl (C=O) groups is 1. The first-order chi connectivity index (χ1) is 11.0. The summed E-state index contributed by atoms with van der Waals surface area (Å²) in [5, 5.41) is 5.27. The second-order valence-electron chi connectivity index (χ2n) is 5.32. The molecule has 23 heavy (non-hydrogen) atoms. The fraction of sp³-hybridized carbons (Fsp3) is 0.176. The molecular weight excluding hydrogens is 330 g/mol. The smallest absolute Gasteiger partial charge is 0.244 e. The summed E-state index contributed by atoms with van der Waals surface area (Å²) in [6, 6.07) is 8.05. The second kappa shape index (κ2) is 6.56. The van der Waals surface area contributed by atoms with E-state index in [1.807, 2.05) is 54.1 Å². The van der Waals surface area contributed by atoms with Crippen LogP contribution in [0.1, 0.15) is 29.8 Å². The molecule has 2 aromatic heterocycles. The Hall–Kier alpha value is -2.11. The van der Waals surface area contributed by atoms with Crippen molar-refractivity contribution in [2.75, 3.05) is 0 Å². The summed E-state index contributed by atoms with van der Waals surface area (Å²) in [4.78, 5) is 17.1. The molecule has 1 amide bonds. The SMILES string of the molecule is Cc1ccc(C(C)NC(=O)/C=C/c2c(Cl)nc3sccn23)cc1. The topological polar surface area (TPSA) is 46.4 Å². The molecule has 1 aromatic carbocycles. The second-order valence-corrected chi connectivity index (χ2v) is 6.55. The maximum Gasteiger partial charge on any atom is 0.244 e. The van der Waals surface area contributed by atoms with Gasteiger partial charge in [0, 0.05) is 17.7 Å². The Kier molecular flexibility index (Phi) is 4.50. The molecule has 0 saturated heterocycles. The van der Waals surface area contributed by atoms with Gasteiger partial charge in [-0.2, -0.15) is 0 Å². The van der Waals surface area contributed by atoms with Crippen molar-refractivity contribution in [2.24, 2.45) is 0 Å². The number of hydrogen-bond donors (Lipinski definition) is 1. The van der Waals surface area contributed by atoms with Crippen LogP contribution in [0.5, 0.6) is 0 Å². The number of nitrogens with one attached hydrogen (secondary N) is 1. The first-order valence-electron chi connectivity index (χ1n) is 7.21. The van der Waals surface area contributed by atoms with E-state index in [1.165, 1.54) is 23.0 Å². The summed E-state index contributed by atoms with van der Waals surface area (Å²) >= 11 is 7.60. The van der Waals surface area contributed by atoms with E-state index in [2.05, 4.69) is 10.3 Å². The number of aromatic nitrogens is 2. The number of amides is 1. The molecule has 0 saturated carbocycles. The molecule has 3 rings (SSSR count). The maximum absolute atomic E-state index is 12.1. The van der Waals surface area contributed by atoms with Gasteiger partial charge in [-0.1, -0.05) is 41.4 Å².